The minimum absolute atomic E-state index is 0.0875. The first kappa shape index (κ1) is 24.3. The van der Waals surface area contributed by atoms with Crippen LogP contribution in [0.15, 0.2) is 23.8 Å². The number of benzene rings is 1. The lowest BCUT2D eigenvalue weighted by Gasteiger charge is -2.11. The molecule has 33 heavy (non-hydrogen) atoms. The average Bonchev–Trinajstić information content (AvgIpc) is 3.18. The Hall–Kier alpha value is -3.31. The largest absolute Gasteiger partial charge is 0.493 e. The number of nitrogens with two attached hydrogens (primary N) is 1. The second-order valence-electron chi connectivity index (χ2n) is 7.87. The van der Waals surface area contributed by atoms with E-state index in [0.29, 0.717) is 34.2 Å². The molecule has 174 valence electrons. The third-order valence-corrected chi connectivity index (χ3v) is 6.72. The molecule has 0 fully saturated rings. The Balaban J connectivity index is 1.80. The Bertz CT molecular complexity index is 1100. The van der Waals surface area contributed by atoms with Gasteiger partial charge in [-0.3, -0.25) is 9.59 Å². The highest BCUT2D eigenvalue weighted by Crippen LogP contribution is 2.38. The molecule has 1 aromatic heterocycles. The Morgan fingerprint density at radius 3 is 2.73 bits per heavy atom. The maximum Gasteiger partial charge on any atom is 0.266 e. The molecule has 0 saturated heterocycles. The number of unbranched alkanes of at least 4 members (excludes halogenated alkanes) is 2. The molecular weight excluding hydrogens is 438 g/mol. The van der Waals surface area contributed by atoms with Crippen LogP contribution >= 0.6 is 11.3 Å². The molecule has 1 heterocycles. The summed E-state index contributed by atoms with van der Waals surface area (Å²) in [6.45, 7) is 2.73. The van der Waals surface area contributed by atoms with Crippen LogP contribution in [0, 0.1) is 11.3 Å². The van der Waals surface area contributed by atoms with Crippen LogP contribution in [0.25, 0.3) is 6.08 Å². The fourth-order valence-electron chi connectivity index (χ4n) is 3.83. The van der Waals surface area contributed by atoms with E-state index in [1.807, 2.05) is 6.07 Å². The molecule has 0 aliphatic heterocycles. The lowest BCUT2D eigenvalue weighted by molar-refractivity contribution is -0.112. The number of carbonyl (C=O) groups excluding carboxylic acids is 2. The van der Waals surface area contributed by atoms with E-state index in [1.54, 1.807) is 25.3 Å². The van der Waals surface area contributed by atoms with Gasteiger partial charge in [0, 0.05) is 4.88 Å². The van der Waals surface area contributed by atoms with E-state index in [1.165, 1.54) is 17.4 Å². The van der Waals surface area contributed by atoms with Crippen molar-refractivity contribution < 1.29 is 19.1 Å². The van der Waals surface area contributed by atoms with Crippen molar-refractivity contribution in [3.63, 3.8) is 0 Å². The zero-order chi connectivity index (χ0) is 23.8. The molecular formula is C25H29N3O4S. The van der Waals surface area contributed by atoms with Crippen molar-refractivity contribution in [2.45, 2.75) is 51.9 Å². The highest BCUT2D eigenvalue weighted by Gasteiger charge is 2.25. The summed E-state index contributed by atoms with van der Waals surface area (Å²) in [6.07, 6.45) is 8.31. The smallest absolute Gasteiger partial charge is 0.266 e. The molecule has 1 aromatic carbocycles. The Kier molecular flexibility index (Phi) is 8.50. The van der Waals surface area contributed by atoms with Crippen LogP contribution in [0.1, 0.15) is 65.4 Å². The Labute approximate surface area is 198 Å². The van der Waals surface area contributed by atoms with E-state index in [2.05, 4.69) is 12.2 Å². The van der Waals surface area contributed by atoms with Crippen LogP contribution in [-0.4, -0.2) is 25.5 Å². The van der Waals surface area contributed by atoms with E-state index < -0.39 is 11.8 Å². The molecule has 3 N–H and O–H groups in total. The molecule has 0 atom stereocenters. The van der Waals surface area contributed by atoms with Crippen LogP contribution < -0.4 is 20.5 Å². The number of nitrogens with zero attached hydrogens (tertiary/aromatic N) is 1. The summed E-state index contributed by atoms with van der Waals surface area (Å²) in [5, 5.41) is 12.7. The van der Waals surface area contributed by atoms with Crippen molar-refractivity contribution in [3.8, 4) is 17.6 Å². The molecule has 1 aliphatic rings. The van der Waals surface area contributed by atoms with Gasteiger partial charge in [0.15, 0.2) is 11.5 Å². The van der Waals surface area contributed by atoms with Gasteiger partial charge >= 0.3 is 0 Å². The topological polar surface area (TPSA) is 114 Å². The van der Waals surface area contributed by atoms with Crippen molar-refractivity contribution in [3.05, 3.63) is 45.3 Å². The van der Waals surface area contributed by atoms with Crippen LogP contribution in [0.3, 0.4) is 0 Å². The van der Waals surface area contributed by atoms with Gasteiger partial charge in [-0.15, -0.1) is 11.3 Å². The molecule has 2 amide bonds. The number of rotatable bonds is 10. The van der Waals surface area contributed by atoms with Gasteiger partial charge in [-0.05, 0) is 61.4 Å². The normalized spacial score (nSPS) is 13.1. The highest BCUT2D eigenvalue weighted by molar-refractivity contribution is 7.17. The molecule has 0 unspecified atom stereocenters. The number of methoxy groups -OCH3 is 1. The molecule has 0 saturated carbocycles. The molecule has 1 aliphatic carbocycles. The summed E-state index contributed by atoms with van der Waals surface area (Å²) in [7, 11) is 1.55. The molecule has 0 spiro atoms. The molecule has 3 rings (SSSR count). The maximum atomic E-state index is 12.9. The predicted molar refractivity (Wildman–Crippen MR) is 130 cm³/mol. The van der Waals surface area contributed by atoms with E-state index in [-0.39, 0.29) is 5.57 Å². The van der Waals surface area contributed by atoms with Crippen LogP contribution in [0.4, 0.5) is 5.00 Å². The van der Waals surface area contributed by atoms with Gasteiger partial charge in [0.2, 0.25) is 0 Å². The second kappa shape index (κ2) is 11.5. The van der Waals surface area contributed by atoms with Gasteiger partial charge in [-0.25, -0.2) is 0 Å². The van der Waals surface area contributed by atoms with Gasteiger partial charge in [0.05, 0.1) is 19.3 Å². The Morgan fingerprint density at radius 2 is 2.03 bits per heavy atom. The lowest BCUT2D eigenvalue weighted by atomic mass is 9.95. The summed E-state index contributed by atoms with van der Waals surface area (Å²) in [5.74, 6) is -0.00669. The summed E-state index contributed by atoms with van der Waals surface area (Å²) in [5.41, 5.74) is 7.43. The van der Waals surface area contributed by atoms with Crippen molar-refractivity contribution >= 4 is 34.2 Å². The fraction of sp³-hybridized carbons (Fsp3) is 0.400. The molecule has 7 nitrogen and oxygen atoms in total. The van der Waals surface area contributed by atoms with E-state index >= 15 is 0 Å². The molecule has 0 radical (unpaired) electrons. The second-order valence-corrected chi connectivity index (χ2v) is 8.97. The van der Waals surface area contributed by atoms with E-state index in [0.717, 1.165) is 55.4 Å². The first-order valence-corrected chi connectivity index (χ1v) is 12.0. The first-order valence-electron chi connectivity index (χ1n) is 11.2. The van der Waals surface area contributed by atoms with E-state index in [4.69, 9.17) is 15.2 Å². The zero-order valence-electron chi connectivity index (χ0n) is 19.0. The van der Waals surface area contributed by atoms with E-state index in [9.17, 15) is 14.9 Å². The van der Waals surface area contributed by atoms with Crippen molar-refractivity contribution in [1.82, 2.24) is 0 Å². The minimum atomic E-state index is -0.586. The number of nitriles is 1. The minimum Gasteiger partial charge on any atom is -0.493 e. The number of hydrogen-bond donors (Lipinski definition) is 2. The van der Waals surface area contributed by atoms with Crippen molar-refractivity contribution in [1.29, 1.82) is 5.26 Å². The summed E-state index contributed by atoms with van der Waals surface area (Å²) in [6, 6.07) is 7.20. The third-order valence-electron chi connectivity index (χ3n) is 5.51. The summed E-state index contributed by atoms with van der Waals surface area (Å²) in [4.78, 5) is 26.0. The monoisotopic (exact) mass is 467 g/mol. The quantitative estimate of drug-likeness (QED) is 0.294. The standard InChI is InChI=1S/C25H29N3O4S/c1-3-4-7-12-32-19-11-10-16(14-20(19)31-2)13-17(15-26)24(30)28-25-22(23(27)29)18-8-5-6-9-21(18)33-25/h10-11,13-14H,3-9,12H2,1-2H3,(H2,27,29)(H,28,30). The Morgan fingerprint density at radius 1 is 1.24 bits per heavy atom. The predicted octanol–water partition coefficient (Wildman–Crippen LogP) is 4.85. The van der Waals surface area contributed by atoms with Gasteiger partial charge in [0.1, 0.15) is 16.6 Å². The summed E-state index contributed by atoms with van der Waals surface area (Å²) >= 11 is 1.37. The van der Waals surface area contributed by atoms with Crippen molar-refractivity contribution in [2.75, 3.05) is 19.0 Å². The number of thiophene rings is 1. The van der Waals surface area contributed by atoms with Gasteiger partial charge in [-0.1, -0.05) is 25.8 Å². The highest BCUT2D eigenvalue weighted by atomic mass is 32.1. The number of amides is 2. The fourth-order valence-corrected chi connectivity index (χ4v) is 5.12. The van der Waals surface area contributed by atoms with Gasteiger partial charge < -0.3 is 20.5 Å². The van der Waals surface area contributed by atoms with Crippen LogP contribution in [-0.2, 0) is 17.6 Å². The molecule has 0 bridgehead atoms. The first-order chi connectivity index (χ1) is 16.0. The number of carbonyl (C=O) groups is 2. The number of hydrogen-bond acceptors (Lipinski definition) is 6. The zero-order valence-corrected chi connectivity index (χ0v) is 19.8. The number of nitrogens with one attached hydrogen (secondary N) is 1. The van der Waals surface area contributed by atoms with Gasteiger partial charge in [0.25, 0.3) is 11.8 Å². The number of primary amides is 1. The van der Waals surface area contributed by atoms with Crippen LogP contribution in [0.5, 0.6) is 11.5 Å². The summed E-state index contributed by atoms with van der Waals surface area (Å²) < 4.78 is 11.2. The molecule has 8 heteroatoms. The lowest BCUT2D eigenvalue weighted by Crippen LogP contribution is -2.19. The number of aryl methyl sites for hydroxylation is 1. The molecule has 2 aromatic rings. The number of fused-ring (bicyclic) bond motifs is 1. The van der Waals surface area contributed by atoms with Crippen LogP contribution in [0.2, 0.25) is 0 Å². The number of anilines is 1. The SMILES string of the molecule is CCCCCOc1ccc(C=C(C#N)C(=O)Nc2sc3c(c2C(N)=O)CCCC3)cc1OC. The maximum absolute atomic E-state index is 12.9. The van der Waals surface area contributed by atoms with Crippen molar-refractivity contribution in [2.24, 2.45) is 5.73 Å². The number of ether oxygens (including phenoxy) is 2. The average molecular weight is 468 g/mol. The third kappa shape index (κ3) is 5.93. The van der Waals surface area contributed by atoms with Gasteiger partial charge in [-0.2, -0.15) is 5.26 Å².